The lowest BCUT2D eigenvalue weighted by Crippen LogP contribution is -2.08. The highest BCUT2D eigenvalue weighted by atomic mass is 16.3. The van der Waals surface area contributed by atoms with E-state index in [4.69, 9.17) is 0 Å². The Morgan fingerprint density at radius 3 is 2.47 bits per heavy atom. The van der Waals surface area contributed by atoms with Gasteiger partial charge >= 0.3 is 0 Å². The Labute approximate surface area is 92.5 Å². The molecule has 1 rings (SSSR count). The van der Waals surface area contributed by atoms with E-state index in [0.717, 1.165) is 24.1 Å². The van der Waals surface area contributed by atoms with Crippen LogP contribution in [0.3, 0.4) is 0 Å². The van der Waals surface area contributed by atoms with Gasteiger partial charge in [0, 0.05) is 25.8 Å². The number of aromatic hydroxyl groups is 1. The van der Waals surface area contributed by atoms with Crippen molar-refractivity contribution >= 4 is 5.69 Å². The minimum Gasteiger partial charge on any atom is -0.508 e. The minimum atomic E-state index is 0.419. The van der Waals surface area contributed by atoms with Crippen LogP contribution in [0.1, 0.15) is 38.2 Å². The number of anilines is 1. The van der Waals surface area contributed by atoms with E-state index in [9.17, 15) is 5.11 Å². The quantitative estimate of drug-likeness (QED) is 0.818. The highest BCUT2D eigenvalue weighted by molar-refractivity contribution is 5.53. The van der Waals surface area contributed by atoms with Gasteiger partial charge in [0.15, 0.2) is 0 Å². The molecule has 0 spiro atoms. The SMILES string of the molecule is CCCC(C)c1ccc(N(C)C)cc1O. The summed E-state index contributed by atoms with van der Waals surface area (Å²) < 4.78 is 0. The van der Waals surface area contributed by atoms with Crippen molar-refractivity contribution in [1.29, 1.82) is 0 Å². The molecule has 0 aliphatic carbocycles. The molecule has 1 aromatic carbocycles. The highest BCUT2D eigenvalue weighted by Crippen LogP contribution is 2.31. The van der Waals surface area contributed by atoms with Crippen LogP contribution in [0.2, 0.25) is 0 Å². The third-order valence-corrected chi connectivity index (χ3v) is 2.78. The molecule has 0 saturated heterocycles. The molecule has 0 amide bonds. The average molecular weight is 207 g/mol. The first kappa shape index (κ1) is 11.9. The average Bonchev–Trinajstić information content (AvgIpc) is 2.17. The molecule has 0 heterocycles. The number of benzene rings is 1. The third kappa shape index (κ3) is 2.88. The normalized spacial score (nSPS) is 12.5. The maximum Gasteiger partial charge on any atom is 0.121 e. The van der Waals surface area contributed by atoms with Crippen LogP contribution >= 0.6 is 0 Å². The molecule has 1 atom stereocenters. The van der Waals surface area contributed by atoms with Gasteiger partial charge in [-0.05, 0) is 24.0 Å². The molecule has 84 valence electrons. The van der Waals surface area contributed by atoms with Crippen LogP contribution in [-0.4, -0.2) is 19.2 Å². The van der Waals surface area contributed by atoms with Crippen molar-refractivity contribution in [2.45, 2.75) is 32.6 Å². The second-order valence-electron chi connectivity index (χ2n) is 4.33. The molecular weight excluding hydrogens is 186 g/mol. The van der Waals surface area contributed by atoms with Gasteiger partial charge in [0.05, 0.1) is 0 Å². The van der Waals surface area contributed by atoms with Gasteiger partial charge in [0.25, 0.3) is 0 Å². The van der Waals surface area contributed by atoms with Crippen molar-refractivity contribution in [3.05, 3.63) is 23.8 Å². The Morgan fingerprint density at radius 1 is 1.33 bits per heavy atom. The van der Waals surface area contributed by atoms with Crippen molar-refractivity contribution in [3.63, 3.8) is 0 Å². The zero-order valence-corrected chi connectivity index (χ0v) is 10.1. The summed E-state index contributed by atoms with van der Waals surface area (Å²) in [6.07, 6.45) is 2.27. The van der Waals surface area contributed by atoms with E-state index >= 15 is 0 Å². The first-order valence-electron chi connectivity index (χ1n) is 5.56. The Kier molecular flexibility index (Phi) is 4.01. The van der Waals surface area contributed by atoms with E-state index in [2.05, 4.69) is 19.9 Å². The van der Waals surface area contributed by atoms with Crippen LogP contribution in [0.25, 0.3) is 0 Å². The Bertz CT molecular complexity index is 320. The number of nitrogens with zero attached hydrogens (tertiary/aromatic N) is 1. The van der Waals surface area contributed by atoms with E-state index in [1.807, 2.05) is 31.1 Å². The van der Waals surface area contributed by atoms with Gasteiger partial charge in [0.2, 0.25) is 0 Å². The summed E-state index contributed by atoms with van der Waals surface area (Å²) in [4.78, 5) is 1.99. The van der Waals surface area contributed by atoms with E-state index < -0.39 is 0 Å². The fraction of sp³-hybridized carbons (Fsp3) is 0.538. The lowest BCUT2D eigenvalue weighted by Gasteiger charge is -2.17. The summed E-state index contributed by atoms with van der Waals surface area (Å²) in [5.41, 5.74) is 2.10. The van der Waals surface area contributed by atoms with Crippen molar-refractivity contribution in [2.24, 2.45) is 0 Å². The molecule has 0 aliphatic heterocycles. The van der Waals surface area contributed by atoms with Crippen LogP contribution < -0.4 is 4.90 Å². The smallest absolute Gasteiger partial charge is 0.121 e. The fourth-order valence-corrected chi connectivity index (χ4v) is 1.82. The van der Waals surface area contributed by atoms with Crippen LogP contribution in [0.5, 0.6) is 5.75 Å². The molecule has 2 heteroatoms. The Balaban J connectivity index is 2.92. The molecule has 1 N–H and O–H groups in total. The summed E-state index contributed by atoms with van der Waals surface area (Å²) >= 11 is 0. The first-order valence-corrected chi connectivity index (χ1v) is 5.56. The van der Waals surface area contributed by atoms with Crippen LogP contribution in [-0.2, 0) is 0 Å². The van der Waals surface area contributed by atoms with Crippen molar-refractivity contribution in [2.75, 3.05) is 19.0 Å². The summed E-state index contributed by atoms with van der Waals surface area (Å²) in [7, 11) is 3.95. The van der Waals surface area contributed by atoms with E-state index in [0.29, 0.717) is 11.7 Å². The number of rotatable bonds is 4. The fourth-order valence-electron chi connectivity index (χ4n) is 1.82. The molecule has 0 saturated carbocycles. The topological polar surface area (TPSA) is 23.5 Å². The van der Waals surface area contributed by atoms with Gasteiger partial charge < -0.3 is 10.0 Å². The van der Waals surface area contributed by atoms with Gasteiger partial charge in [0.1, 0.15) is 5.75 Å². The zero-order chi connectivity index (χ0) is 11.4. The summed E-state index contributed by atoms with van der Waals surface area (Å²) in [6.45, 7) is 4.33. The second-order valence-corrected chi connectivity index (χ2v) is 4.33. The predicted octanol–water partition coefficient (Wildman–Crippen LogP) is 3.36. The van der Waals surface area contributed by atoms with Gasteiger partial charge in [-0.2, -0.15) is 0 Å². The van der Waals surface area contributed by atoms with E-state index in [1.54, 1.807) is 0 Å². The second kappa shape index (κ2) is 5.06. The molecule has 1 aromatic rings. The van der Waals surface area contributed by atoms with Crippen molar-refractivity contribution in [3.8, 4) is 5.75 Å². The molecule has 0 bridgehead atoms. The summed E-state index contributed by atoms with van der Waals surface area (Å²) in [5.74, 6) is 0.855. The minimum absolute atomic E-state index is 0.419. The van der Waals surface area contributed by atoms with Gasteiger partial charge in [-0.1, -0.05) is 26.3 Å². The molecular formula is C13H21NO. The molecule has 2 nitrogen and oxygen atoms in total. The molecule has 0 aromatic heterocycles. The standard InChI is InChI=1S/C13H21NO/c1-5-6-10(2)12-8-7-11(14(3)4)9-13(12)15/h7-10,15H,5-6H2,1-4H3. The molecule has 0 fully saturated rings. The monoisotopic (exact) mass is 207 g/mol. The molecule has 15 heavy (non-hydrogen) atoms. The summed E-state index contributed by atoms with van der Waals surface area (Å²) in [6, 6.07) is 5.92. The van der Waals surface area contributed by atoms with E-state index in [-0.39, 0.29) is 0 Å². The van der Waals surface area contributed by atoms with Gasteiger partial charge in [-0.3, -0.25) is 0 Å². The highest BCUT2D eigenvalue weighted by Gasteiger charge is 2.10. The van der Waals surface area contributed by atoms with Crippen molar-refractivity contribution in [1.82, 2.24) is 0 Å². The van der Waals surface area contributed by atoms with E-state index in [1.165, 1.54) is 0 Å². The Hall–Kier alpha value is -1.18. The number of hydrogen-bond donors (Lipinski definition) is 1. The van der Waals surface area contributed by atoms with Crippen LogP contribution in [0.4, 0.5) is 5.69 Å². The maximum atomic E-state index is 9.91. The predicted molar refractivity (Wildman–Crippen MR) is 65.8 cm³/mol. The van der Waals surface area contributed by atoms with Crippen molar-refractivity contribution < 1.29 is 5.11 Å². The van der Waals surface area contributed by atoms with Gasteiger partial charge in [-0.15, -0.1) is 0 Å². The van der Waals surface area contributed by atoms with Crippen LogP contribution in [0.15, 0.2) is 18.2 Å². The largest absolute Gasteiger partial charge is 0.508 e. The zero-order valence-electron chi connectivity index (χ0n) is 10.1. The first-order chi connectivity index (χ1) is 7.06. The van der Waals surface area contributed by atoms with Crippen LogP contribution in [0, 0.1) is 0 Å². The number of phenols is 1. The summed E-state index contributed by atoms with van der Waals surface area (Å²) in [5, 5.41) is 9.91. The number of phenolic OH excluding ortho intramolecular Hbond substituents is 1. The molecule has 0 aliphatic rings. The Morgan fingerprint density at radius 2 is 2.00 bits per heavy atom. The number of hydrogen-bond acceptors (Lipinski definition) is 2. The molecule has 0 radical (unpaired) electrons. The third-order valence-electron chi connectivity index (χ3n) is 2.78. The van der Waals surface area contributed by atoms with Gasteiger partial charge in [-0.25, -0.2) is 0 Å². The lowest BCUT2D eigenvalue weighted by molar-refractivity contribution is 0.460. The maximum absolute atomic E-state index is 9.91. The molecule has 1 unspecified atom stereocenters. The lowest BCUT2D eigenvalue weighted by atomic mass is 9.95.